The maximum Gasteiger partial charge on any atom is 0.0611 e. The molecule has 1 saturated heterocycles. The molecule has 4 atom stereocenters. The lowest BCUT2D eigenvalue weighted by molar-refractivity contribution is -0.103. The molecule has 0 amide bonds. The highest BCUT2D eigenvalue weighted by molar-refractivity contribution is 4.91. The Hall–Kier alpha value is -0.0400. The van der Waals surface area contributed by atoms with Gasteiger partial charge in [0.1, 0.15) is 0 Å². The van der Waals surface area contributed by atoms with E-state index in [0.717, 1.165) is 18.4 Å². The minimum Gasteiger partial charge on any atom is -0.378 e. The van der Waals surface area contributed by atoms with E-state index < -0.39 is 0 Å². The molecule has 0 aromatic carbocycles. The second-order valence-electron chi connectivity index (χ2n) is 6.85. The van der Waals surface area contributed by atoms with Gasteiger partial charge in [0.15, 0.2) is 0 Å². The number of fused-ring (bicyclic) bond motifs is 1. The number of rotatable bonds is 4. The molecular formula is C16H30O. The Morgan fingerprint density at radius 3 is 2.82 bits per heavy atom. The lowest BCUT2D eigenvalue weighted by Crippen LogP contribution is -2.43. The first kappa shape index (κ1) is 13.4. The van der Waals surface area contributed by atoms with E-state index in [-0.39, 0.29) is 0 Å². The molecule has 17 heavy (non-hydrogen) atoms. The Balaban J connectivity index is 1.87. The van der Waals surface area contributed by atoms with Gasteiger partial charge in [0.05, 0.1) is 6.10 Å². The molecule has 0 radical (unpaired) electrons. The van der Waals surface area contributed by atoms with Gasteiger partial charge in [-0.05, 0) is 49.4 Å². The van der Waals surface area contributed by atoms with Gasteiger partial charge < -0.3 is 4.74 Å². The smallest absolute Gasteiger partial charge is 0.0611 e. The third-order valence-electron chi connectivity index (χ3n) is 5.27. The van der Waals surface area contributed by atoms with Gasteiger partial charge in [0.2, 0.25) is 0 Å². The van der Waals surface area contributed by atoms with E-state index >= 15 is 0 Å². The van der Waals surface area contributed by atoms with E-state index in [1.807, 2.05) is 0 Å². The van der Waals surface area contributed by atoms with Crippen LogP contribution in [-0.4, -0.2) is 12.7 Å². The summed E-state index contributed by atoms with van der Waals surface area (Å²) in [5, 5.41) is 0. The van der Waals surface area contributed by atoms with Gasteiger partial charge in [-0.25, -0.2) is 0 Å². The topological polar surface area (TPSA) is 9.23 Å². The maximum absolute atomic E-state index is 6.05. The number of hydrogen-bond donors (Lipinski definition) is 0. The van der Waals surface area contributed by atoms with E-state index in [4.69, 9.17) is 4.74 Å². The van der Waals surface area contributed by atoms with Gasteiger partial charge in [-0.3, -0.25) is 0 Å². The summed E-state index contributed by atoms with van der Waals surface area (Å²) < 4.78 is 6.05. The molecule has 0 bridgehead atoms. The molecule has 1 saturated carbocycles. The van der Waals surface area contributed by atoms with Gasteiger partial charge in [-0.2, -0.15) is 0 Å². The normalized spacial score (nSPS) is 42.2. The fourth-order valence-electron chi connectivity index (χ4n) is 3.92. The third-order valence-corrected chi connectivity index (χ3v) is 5.27. The summed E-state index contributed by atoms with van der Waals surface area (Å²) in [6, 6.07) is 0. The summed E-state index contributed by atoms with van der Waals surface area (Å²) in [4.78, 5) is 0. The molecule has 1 aliphatic heterocycles. The van der Waals surface area contributed by atoms with Crippen LogP contribution in [0.2, 0.25) is 0 Å². The Morgan fingerprint density at radius 2 is 2.06 bits per heavy atom. The zero-order valence-corrected chi connectivity index (χ0v) is 12.0. The minimum atomic E-state index is 0.577. The molecule has 2 fully saturated rings. The van der Waals surface area contributed by atoms with Crippen molar-refractivity contribution in [2.24, 2.45) is 17.3 Å². The molecule has 0 spiro atoms. The summed E-state index contributed by atoms with van der Waals surface area (Å²) in [5.74, 6) is 1.76. The quantitative estimate of drug-likeness (QED) is 0.639. The van der Waals surface area contributed by atoms with E-state index in [2.05, 4.69) is 20.8 Å². The average molecular weight is 238 g/mol. The van der Waals surface area contributed by atoms with Crippen LogP contribution in [-0.2, 0) is 4.74 Å². The van der Waals surface area contributed by atoms with Crippen molar-refractivity contribution in [2.75, 3.05) is 6.61 Å². The zero-order chi connectivity index (χ0) is 12.3. The summed E-state index contributed by atoms with van der Waals surface area (Å²) in [6.07, 6.45) is 11.6. The van der Waals surface area contributed by atoms with Crippen LogP contribution in [0.4, 0.5) is 0 Å². The monoisotopic (exact) mass is 238 g/mol. The fraction of sp³-hybridized carbons (Fsp3) is 1.00. The Kier molecular flexibility index (Phi) is 4.52. The summed E-state index contributed by atoms with van der Waals surface area (Å²) in [6.45, 7) is 8.24. The third kappa shape index (κ3) is 3.24. The molecule has 0 aromatic heterocycles. The van der Waals surface area contributed by atoms with Crippen LogP contribution in [0.15, 0.2) is 0 Å². The van der Waals surface area contributed by atoms with Crippen LogP contribution in [0.3, 0.4) is 0 Å². The summed E-state index contributed by atoms with van der Waals surface area (Å²) >= 11 is 0. The van der Waals surface area contributed by atoms with E-state index in [0.29, 0.717) is 11.5 Å². The molecule has 1 nitrogen and oxygen atoms in total. The lowest BCUT2D eigenvalue weighted by Gasteiger charge is -2.47. The zero-order valence-electron chi connectivity index (χ0n) is 12.0. The maximum atomic E-state index is 6.05. The highest BCUT2D eigenvalue weighted by atomic mass is 16.5. The van der Waals surface area contributed by atoms with Crippen LogP contribution in [0.25, 0.3) is 0 Å². The Morgan fingerprint density at radius 1 is 1.24 bits per heavy atom. The Labute approximate surface area is 107 Å². The highest BCUT2D eigenvalue weighted by Gasteiger charge is 2.41. The molecule has 0 N–H and O–H groups in total. The van der Waals surface area contributed by atoms with E-state index in [1.54, 1.807) is 0 Å². The van der Waals surface area contributed by atoms with Crippen molar-refractivity contribution in [3.63, 3.8) is 0 Å². The predicted molar refractivity (Wildman–Crippen MR) is 73.1 cm³/mol. The molecule has 4 unspecified atom stereocenters. The number of ether oxygens (including phenoxy) is 1. The highest BCUT2D eigenvalue weighted by Crippen LogP contribution is 2.47. The van der Waals surface area contributed by atoms with Crippen molar-refractivity contribution in [3.05, 3.63) is 0 Å². The van der Waals surface area contributed by atoms with Crippen molar-refractivity contribution in [1.29, 1.82) is 0 Å². The second kappa shape index (κ2) is 5.73. The number of unbranched alkanes of at least 4 members (excludes halogenated alkanes) is 2. The SMILES string of the molecule is CCCCCC1(C)CCC2C(C)CCOC2C1. The first-order valence-electron chi connectivity index (χ1n) is 7.76. The van der Waals surface area contributed by atoms with Gasteiger partial charge >= 0.3 is 0 Å². The predicted octanol–water partition coefficient (Wildman–Crippen LogP) is 4.80. The first-order chi connectivity index (χ1) is 8.14. The standard InChI is InChI=1S/C16H30O/c1-4-5-6-9-16(3)10-7-14-13(2)8-11-17-15(14)12-16/h13-15H,4-12H2,1-3H3. The van der Waals surface area contributed by atoms with Crippen molar-refractivity contribution in [3.8, 4) is 0 Å². The first-order valence-corrected chi connectivity index (χ1v) is 7.76. The summed E-state index contributed by atoms with van der Waals surface area (Å²) in [7, 11) is 0. The molecule has 1 heteroatoms. The largest absolute Gasteiger partial charge is 0.378 e. The van der Waals surface area contributed by atoms with Crippen LogP contribution >= 0.6 is 0 Å². The van der Waals surface area contributed by atoms with Gasteiger partial charge in [0.25, 0.3) is 0 Å². The molecule has 1 aliphatic carbocycles. The molecule has 2 rings (SSSR count). The Bertz CT molecular complexity index is 238. The van der Waals surface area contributed by atoms with Crippen LogP contribution in [0, 0.1) is 17.3 Å². The van der Waals surface area contributed by atoms with Gasteiger partial charge in [-0.1, -0.05) is 40.0 Å². The summed E-state index contributed by atoms with van der Waals surface area (Å²) in [5.41, 5.74) is 0.577. The van der Waals surface area contributed by atoms with Gasteiger partial charge in [0, 0.05) is 6.61 Å². The molecule has 0 aromatic rings. The fourth-order valence-corrected chi connectivity index (χ4v) is 3.92. The number of hydrogen-bond acceptors (Lipinski definition) is 1. The van der Waals surface area contributed by atoms with Crippen LogP contribution in [0.1, 0.15) is 72.1 Å². The second-order valence-corrected chi connectivity index (χ2v) is 6.85. The lowest BCUT2D eigenvalue weighted by atomic mass is 9.64. The van der Waals surface area contributed by atoms with E-state index in [9.17, 15) is 0 Å². The molecular weight excluding hydrogens is 208 g/mol. The molecule has 1 heterocycles. The van der Waals surface area contributed by atoms with Crippen LogP contribution in [0.5, 0.6) is 0 Å². The van der Waals surface area contributed by atoms with Crippen molar-refractivity contribution in [2.45, 2.75) is 78.2 Å². The minimum absolute atomic E-state index is 0.577. The van der Waals surface area contributed by atoms with Crippen LogP contribution < -0.4 is 0 Å². The van der Waals surface area contributed by atoms with E-state index in [1.165, 1.54) is 51.4 Å². The van der Waals surface area contributed by atoms with Gasteiger partial charge in [-0.15, -0.1) is 0 Å². The molecule has 2 aliphatic rings. The van der Waals surface area contributed by atoms with Crippen molar-refractivity contribution < 1.29 is 4.74 Å². The molecule has 100 valence electrons. The average Bonchev–Trinajstić information content (AvgIpc) is 2.29. The van der Waals surface area contributed by atoms with Crippen molar-refractivity contribution in [1.82, 2.24) is 0 Å². The van der Waals surface area contributed by atoms with Crippen molar-refractivity contribution >= 4 is 0 Å².